The molecule has 0 bridgehead atoms. The summed E-state index contributed by atoms with van der Waals surface area (Å²) < 4.78 is 5.04. The van der Waals surface area contributed by atoms with Gasteiger partial charge in [0.25, 0.3) is 0 Å². The molecule has 1 aliphatic carbocycles. The van der Waals surface area contributed by atoms with E-state index in [-0.39, 0.29) is 5.75 Å². The van der Waals surface area contributed by atoms with Gasteiger partial charge in [0.1, 0.15) is 0 Å². The molecule has 0 fully saturated rings. The molecule has 0 spiro atoms. The molecule has 0 heterocycles. The summed E-state index contributed by atoms with van der Waals surface area (Å²) in [5.74, 6) is 0.574. The molecule has 0 radical (unpaired) electrons. The first-order chi connectivity index (χ1) is 7.04. The van der Waals surface area contributed by atoms with Crippen LogP contribution in [0.3, 0.4) is 0 Å². The summed E-state index contributed by atoms with van der Waals surface area (Å²) in [6, 6.07) is 3.44. The van der Waals surface area contributed by atoms with Gasteiger partial charge in [-0.1, -0.05) is 0 Å². The Hall–Kier alpha value is -1.22. The van der Waals surface area contributed by atoms with Crippen LogP contribution in [0, 0.1) is 0 Å². The maximum atomic E-state index is 10.2. The van der Waals surface area contributed by atoms with Gasteiger partial charge in [0.2, 0.25) is 0 Å². The summed E-state index contributed by atoms with van der Waals surface area (Å²) in [6.07, 6.45) is 2.61. The monoisotopic (exact) mass is 208 g/mol. The van der Waals surface area contributed by atoms with E-state index in [9.17, 15) is 10.2 Å². The first kappa shape index (κ1) is 10.3. The fraction of sp³-hybridized carbons (Fsp3) is 0.500. The zero-order chi connectivity index (χ0) is 11.1. The second-order valence-electron chi connectivity index (χ2n) is 4.31. The van der Waals surface area contributed by atoms with Crippen molar-refractivity contribution >= 4 is 0 Å². The lowest BCUT2D eigenvalue weighted by atomic mass is 9.80. The molecule has 1 aromatic carbocycles. The number of aliphatic hydroxyl groups is 1. The van der Waals surface area contributed by atoms with Gasteiger partial charge in [-0.05, 0) is 49.4 Å². The molecule has 15 heavy (non-hydrogen) atoms. The van der Waals surface area contributed by atoms with E-state index in [2.05, 4.69) is 0 Å². The van der Waals surface area contributed by atoms with Gasteiger partial charge in [0.05, 0.1) is 12.7 Å². The second-order valence-corrected chi connectivity index (χ2v) is 4.31. The number of phenols is 1. The van der Waals surface area contributed by atoms with Gasteiger partial charge >= 0.3 is 0 Å². The van der Waals surface area contributed by atoms with Gasteiger partial charge in [0, 0.05) is 0 Å². The van der Waals surface area contributed by atoms with Crippen LogP contribution >= 0.6 is 0 Å². The third-order valence-electron chi connectivity index (χ3n) is 3.09. The van der Waals surface area contributed by atoms with Crippen molar-refractivity contribution in [2.75, 3.05) is 7.11 Å². The highest BCUT2D eigenvalue weighted by molar-refractivity contribution is 5.49. The van der Waals surface area contributed by atoms with Crippen molar-refractivity contribution in [2.24, 2.45) is 0 Å². The van der Waals surface area contributed by atoms with Gasteiger partial charge < -0.3 is 14.9 Å². The van der Waals surface area contributed by atoms with Crippen molar-refractivity contribution in [3.8, 4) is 11.5 Å². The molecule has 0 aliphatic heterocycles. The predicted molar refractivity (Wildman–Crippen MR) is 57.2 cm³/mol. The molecule has 1 aromatic rings. The van der Waals surface area contributed by atoms with E-state index in [1.54, 1.807) is 12.1 Å². The Morgan fingerprint density at radius 3 is 2.80 bits per heavy atom. The fourth-order valence-electron chi connectivity index (χ4n) is 2.24. The topological polar surface area (TPSA) is 49.7 Å². The van der Waals surface area contributed by atoms with E-state index in [4.69, 9.17) is 4.74 Å². The fourth-order valence-corrected chi connectivity index (χ4v) is 2.24. The van der Waals surface area contributed by atoms with Crippen LogP contribution in [-0.4, -0.2) is 17.3 Å². The second kappa shape index (κ2) is 3.42. The Bertz CT molecular complexity index is 383. The Kier molecular flexibility index (Phi) is 2.35. The highest BCUT2D eigenvalue weighted by atomic mass is 16.5. The average Bonchev–Trinajstić information content (AvgIpc) is 2.16. The van der Waals surface area contributed by atoms with Crippen molar-refractivity contribution < 1.29 is 14.9 Å². The maximum absolute atomic E-state index is 10.2. The molecule has 1 aliphatic rings. The minimum Gasteiger partial charge on any atom is -0.504 e. The first-order valence-corrected chi connectivity index (χ1v) is 5.17. The van der Waals surface area contributed by atoms with E-state index in [1.165, 1.54) is 7.11 Å². The largest absolute Gasteiger partial charge is 0.504 e. The van der Waals surface area contributed by atoms with E-state index in [0.717, 1.165) is 30.4 Å². The van der Waals surface area contributed by atoms with Crippen LogP contribution in [0.15, 0.2) is 12.1 Å². The minimum atomic E-state index is -0.797. The van der Waals surface area contributed by atoms with Crippen LogP contribution in [0.25, 0.3) is 0 Å². The average molecular weight is 208 g/mol. The Balaban J connectivity index is 2.56. The normalized spacial score (nSPS) is 24.7. The lowest BCUT2D eigenvalue weighted by molar-refractivity contribution is 0.0384. The molecule has 2 rings (SSSR count). The van der Waals surface area contributed by atoms with Crippen molar-refractivity contribution in [1.82, 2.24) is 0 Å². The van der Waals surface area contributed by atoms with Crippen LogP contribution in [-0.2, 0) is 12.0 Å². The molecule has 3 nitrogen and oxygen atoms in total. The van der Waals surface area contributed by atoms with Crippen molar-refractivity contribution in [3.63, 3.8) is 0 Å². The van der Waals surface area contributed by atoms with Gasteiger partial charge in [-0.3, -0.25) is 0 Å². The summed E-state index contributed by atoms with van der Waals surface area (Å²) in [5.41, 5.74) is 1.10. The third-order valence-corrected chi connectivity index (χ3v) is 3.09. The van der Waals surface area contributed by atoms with Gasteiger partial charge in [-0.2, -0.15) is 0 Å². The molecule has 3 heteroatoms. The highest BCUT2D eigenvalue weighted by Crippen LogP contribution is 2.40. The Labute approximate surface area is 89.3 Å². The zero-order valence-corrected chi connectivity index (χ0v) is 9.08. The lowest BCUT2D eigenvalue weighted by Crippen LogP contribution is -2.26. The van der Waals surface area contributed by atoms with Crippen LogP contribution in [0.5, 0.6) is 11.5 Å². The van der Waals surface area contributed by atoms with Gasteiger partial charge in [0.15, 0.2) is 11.5 Å². The lowest BCUT2D eigenvalue weighted by Gasteiger charge is -2.31. The molecule has 2 N–H and O–H groups in total. The number of ether oxygens (including phenoxy) is 1. The van der Waals surface area contributed by atoms with E-state index in [0.29, 0.717) is 5.75 Å². The Morgan fingerprint density at radius 1 is 1.40 bits per heavy atom. The number of phenolic OH excluding ortho intramolecular Hbond substituents is 1. The number of fused-ring (bicyclic) bond motifs is 1. The molecule has 82 valence electrons. The summed E-state index contributed by atoms with van der Waals surface area (Å²) in [4.78, 5) is 0. The molecule has 1 unspecified atom stereocenters. The van der Waals surface area contributed by atoms with Crippen molar-refractivity contribution in [1.29, 1.82) is 0 Å². The van der Waals surface area contributed by atoms with Gasteiger partial charge in [-0.15, -0.1) is 0 Å². The summed E-state index contributed by atoms with van der Waals surface area (Å²) >= 11 is 0. The number of rotatable bonds is 1. The number of hydrogen-bond acceptors (Lipinski definition) is 3. The SMILES string of the molecule is COc1cc2c(cc1O)CCCC2(C)O. The van der Waals surface area contributed by atoms with Crippen LogP contribution in [0.2, 0.25) is 0 Å². The highest BCUT2D eigenvalue weighted by Gasteiger charge is 2.30. The van der Waals surface area contributed by atoms with Crippen LogP contribution < -0.4 is 4.74 Å². The summed E-state index contributed by atoms with van der Waals surface area (Å²) in [5, 5.41) is 19.8. The molecule has 0 aromatic heterocycles. The smallest absolute Gasteiger partial charge is 0.160 e. The van der Waals surface area contributed by atoms with Crippen molar-refractivity contribution in [2.45, 2.75) is 31.8 Å². The number of benzene rings is 1. The van der Waals surface area contributed by atoms with E-state index in [1.807, 2.05) is 6.92 Å². The molecule has 0 saturated carbocycles. The summed E-state index contributed by atoms with van der Waals surface area (Å²) in [6.45, 7) is 1.81. The first-order valence-electron chi connectivity index (χ1n) is 5.17. The quantitative estimate of drug-likeness (QED) is 0.741. The van der Waals surface area contributed by atoms with Gasteiger partial charge in [-0.25, -0.2) is 0 Å². The number of aromatic hydroxyl groups is 1. The Morgan fingerprint density at radius 2 is 2.13 bits per heavy atom. The van der Waals surface area contributed by atoms with Crippen LogP contribution in [0.4, 0.5) is 0 Å². The molecule has 0 saturated heterocycles. The minimum absolute atomic E-state index is 0.147. The summed E-state index contributed by atoms with van der Waals surface area (Å²) in [7, 11) is 1.51. The molecular formula is C12H16O3. The molecular weight excluding hydrogens is 192 g/mol. The predicted octanol–water partition coefficient (Wildman–Crippen LogP) is 1.94. The molecule has 1 atom stereocenters. The maximum Gasteiger partial charge on any atom is 0.160 e. The standard InChI is InChI=1S/C12H16O3/c1-12(14)5-3-4-8-6-10(13)11(15-2)7-9(8)12/h6-7,13-14H,3-5H2,1-2H3. The van der Waals surface area contributed by atoms with Crippen LogP contribution in [0.1, 0.15) is 30.9 Å². The third kappa shape index (κ3) is 1.67. The molecule has 0 amide bonds. The van der Waals surface area contributed by atoms with E-state index < -0.39 is 5.60 Å². The van der Waals surface area contributed by atoms with Crippen molar-refractivity contribution in [3.05, 3.63) is 23.3 Å². The number of methoxy groups -OCH3 is 1. The number of aryl methyl sites for hydroxylation is 1. The zero-order valence-electron chi connectivity index (χ0n) is 9.08. The van der Waals surface area contributed by atoms with E-state index >= 15 is 0 Å². The number of hydrogen-bond donors (Lipinski definition) is 2.